The summed E-state index contributed by atoms with van der Waals surface area (Å²) >= 11 is 5.80. The first kappa shape index (κ1) is 15.3. The van der Waals surface area contributed by atoms with Crippen molar-refractivity contribution in [3.8, 4) is 0 Å². The number of carboxylic acid groups (broad SMARTS) is 1. The van der Waals surface area contributed by atoms with Gasteiger partial charge in [0.2, 0.25) is 0 Å². The Balaban J connectivity index is 2.55. The third-order valence-corrected chi connectivity index (χ3v) is 2.78. The normalized spacial score (nSPS) is 10.3. The van der Waals surface area contributed by atoms with Gasteiger partial charge in [-0.3, -0.25) is 0 Å². The number of amides is 2. The van der Waals surface area contributed by atoms with Gasteiger partial charge < -0.3 is 15.7 Å². The molecule has 0 saturated heterocycles. The van der Waals surface area contributed by atoms with Gasteiger partial charge in [-0.15, -0.1) is 0 Å². The van der Waals surface area contributed by atoms with Crippen molar-refractivity contribution in [3.05, 3.63) is 28.8 Å². The Morgan fingerprint density at radius 3 is 2.58 bits per heavy atom. The first-order chi connectivity index (χ1) is 8.90. The number of benzene rings is 1. The lowest BCUT2D eigenvalue weighted by Crippen LogP contribution is -2.30. The Labute approximate surface area is 117 Å². The molecule has 0 aliphatic heterocycles. The molecule has 1 aromatic rings. The highest BCUT2D eigenvalue weighted by atomic mass is 35.5. The second-order valence-corrected chi connectivity index (χ2v) is 4.97. The van der Waals surface area contributed by atoms with Gasteiger partial charge in [-0.05, 0) is 30.5 Å². The molecule has 2 amide bonds. The second kappa shape index (κ2) is 6.99. The van der Waals surface area contributed by atoms with Crippen LogP contribution in [0.25, 0.3) is 0 Å². The third-order valence-electron chi connectivity index (χ3n) is 2.46. The molecule has 104 valence electrons. The lowest BCUT2D eigenvalue weighted by Gasteiger charge is -2.09. The lowest BCUT2D eigenvalue weighted by molar-refractivity contribution is 0.0697. The van der Waals surface area contributed by atoms with Crippen molar-refractivity contribution in [2.75, 3.05) is 11.9 Å². The highest BCUT2D eigenvalue weighted by Gasteiger charge is 2.10. The fourth-order valence-corrected chi connectivity index (χ4v) is 1.68. The summed E-state index contributed by atoms with van der Waals surface area (Å²) in [7, 11) is 0. The number of anilines is 1. The topological polar surface area (TPSA) is 78.4 Å². The molecule has 0 atom stereocenters. The van der Waals surface area contributed by atoms with Crippen LogP contribution >= 0.6 is 11.6 Å². The first-order valence-corrected chi connectivity index (χ1v) is 6.35. The SMILES string of the molecule is CC(C)CCNC(=O)Nc1ccc(C(=O)O)c(Cl)c1. The minimum absolute atomic E-state index is 0.00688. The third kappa shape index (κ3) is 5.18. The predicted octanol–water partition coefficient (Wildman–Crippen LogP) is 3.21. The van der Waals surface area contributed by atoms with Gasteiger partial charge in [0.1, 0.15) is 0 Å². The molecule has 0 aliphatic carbocycles. The molecule has 6 heteroatoms. The van der Waals surface area contributed by atoms with Crippen LogP contribution < -0.4 is 10.6 Å². The van der Waals surface area contributed by atoms with E-state index in [4.69, 9.17) is 16.7 Å². The van der Waals surface area contributed by atoms with E-state index >= 15 is 0 Å². The van der Waals surface area contributed by atoms with Gasteiger partial charge in [0.05, 0.1) is 10.6 Å². The molecule has 1 rings (SSSR count). The van der Waals surface area contributed by atoms with Crippen LogP contribution in [0.3, 0.4) is 0 Å². The number of halogens is 1. The van der Waals surface area contributed by atoms with Crippen LogP contribution in [0.5, 0.6) is 0 Å². The van der Waals surface area contributed by atoms with Crippen LogP contribution in [0.2, 0.25) is 5.02 Å². The molecule has 3 N–H and O–H groups in total. The smallest absolute Gasteiger partial charge is 0.337 e. The van der Waals surface area contributed by atoms with Gasteiger partial charge in [0.15, 0.2) is 0 Å². The van der Waals surface area contributed by atoms with Crippen molar-refractivity contribution in [2.24, 2.45) is 5.92 Å². The quantitative estimate of drug-likeness (QED) is 0.777. The summed E-state index contributed by atoms with van der Waals surface area (Å²) < 4.78 is 0. The Bertz CT molecular complexity index is 475. The minimum Gasteiger partial charge on any atom is -0.478 e. The fourth-order valence-electron chi connectivity index (χ4n) is 1.42. The van der Waals surface area contributed by atoms with E-state index in [0.29, 0.717) is 18.2 Å². The molecule has 1 aromatic carbocycles. The van der Waals surface area contributed by atoms with E-state index in [1.165, 1.54) is 18.2 Å². The van der Waals surface area contributed by atoms with Gasteiger partial charge in [0.25, 0.3) is 0 Å². The average Bonchev–Trinajstić information content (AvgIpc) is 2.27. The number of carboxylic acids is 1. The van der Waals surface area contributed by atoms with Crippen molar-refractivity contribution in [1.82, 2.24) is 5.32 Å². The van der Waals surface area contributed by atoms with Crippen molar-refractivity contribution in [1.29, 1.82) is 0 Å². The molecule has 0 aromatic heterocycles. The summed E-state index contributed by atoms with van der Waals surface area (Å²) in [6, 6.07) is 3.93. The largest absolute Gasteiger partial charge is 0.478 e. The molecule has 0 saturated carbocycles. The first-order valence-electron chi connectivity index (χ1n) is 5.98. The molecule has 0 aliphatic rings. The highest BCUT2D eigenvalue weighted by Crippen LogP contribution is 2.20. The fraction of sp³-hybridized carbons (Fsp3) is 0.385. The van der Waals surface area contributed by atoms with Crippen LogP contribution in [0.15, 0.2) is 18.2 Å². The molecule has 0 unspecified atom stereocenters. The number of urea groups is 1. The molecular formula is C13H17ClN2O3. The number of aromatic carboxylic acids is 1. The van der Waals surface area contributed by atoms with E-state index in [9.17, 15) is 9.59 Å². The van der Waals surface area contributed by atoms with Crippen LogP contribution in [0.4, 0.5) is 10.5 Å². The number of hydrogen-bond donors (Lipinski definition) is 3. The number of hydrogen-bond acceptors (Lipinski definition) is 2. The average molecular weight is 285 g/mol. The Kier molecular flexibility index (Phi) is 5.63. The van der Waals surface area contributed by atoms with Crippen LogP contribution in [0.1, 0.15) is 30.6 Å². The van der Waals surface area contributed by atoms with Crippen molar-refractivity contribution >= 4 is 29.3 Å². The molecule has 0 spiro atoms. The van der Waals surface area contributed by atoms with Gasteiger partial charge >= 0.3 is 12.0 Å². The number of rotatable bonds is 5. The summed E-state index contributed by atoms with van der Waals surface area (Å²) in [5, 5.41) is 14.2. The maximum atomic E-state index is 11.5. The van der Waals surface area contributed by atoms with E-state index in [1.54, 1.807) is 0 Å². The minimum atomic E-state index is -1.10. The molecule has 0 heterocycles. The highest BCUT2D eigenvalue weighted by molar-refractivity contribution is 6.33. The van der Waals surface area contributed by atoms with Crippen molar-refractivity contribution < 1.29 is 14.7 Å². The molecule has 0 bridgehead atoms. The lowest BCUT2D eigenvalue weighted by atomic mass is 10.1. The van der Waals surface area contributed by atoms with Gasteiger partial charge in [-0.1, -0.05) is 25.4 Å². The van der Waals surface area contributed by atoms with E-state index in [-0.39, 0.29) is 16.6 Å². The zero-order valence-corrected chi connectivity index (χ0v) is 11.6. The molecule has 0 fully saturated rings. The number of carbonyl (C=O) groups is 2. The van der Waals surface area contributed by atoms with Crippen LogP contribution in [-0.4, -0.2) is 23.7 Å². The summed E-state index contributed by atoms with van der Waals surface area (Å²) in [6.45, 7) is 4.73. The Morgan fingerprint density at radius 1 is 1.37 bits per heavy atom. The van der Waals surface area contributed by atoms with Gasteiger partial charge in [-0.2, -0.15) is 0 Å². The monoisotopic (exact) mass is 284 g/mol. The molecule has 5 nitrogen and oxygen atoms in total. The maximum absolute atomic E-state index is 11.5. The van der Waals surface area contributed by atoms with Gasteiger partial charge in [0, 0.05) is 12.2 Å². The van der Waals surface area contributed by atoms with Crippen LogP contribution in [-0.2, 0) is 0 Å². The van der Waals surface area contributed by atoms with Crippen molar-refractivity contribution in [2.45, 2.75) is 20.3 Å². The van der Waals surface area contributed by atoms with Gasteiger partial charge in [-0.25, -0.2) is 9.59 Å². The number of nitrogens with one attached hydrogen (secondary N) is 2. The summed E-state index contributed by atoms with van der Waals surface area (Å²) in [5.41, 5.74) is 0.462. The molecule has 0 radical (unpaired) electrons. The molecule has 19 heavy (non-hydrogen) atoms. The van der Waals surface area contributed by atoms with E-state index in [0.717, 1.165) is 6.42 Å². The second-order valence-electron chi connectivity index (χ2n) is 4.56. The van der Waals surface area contributed by atoms with E-state index in [1.807, 2.05) is 0 Å². The number of carbonyl (C=O) groups excluding carboxylic acids is 1. The van der Waals surface area contributed by atoms with E-state index in [2.05, 4.69) is 24.5 Å². The summed E-state index contributed by atoms with van der Waals surface area (Å²) in [6.07, 6.45) is 0.895. The summed E-state index contributed by atoms with van der Waals surface area (Å²) in [5.74, 6) is -0.581. The maximum Gasteiger partial charge on any atom is 0.337 e. The Morgan fingerprint density at radius 2 is 2.05 bits per heavy atom. The Hall–Kier alpha value is -1.75. The molecular weight excluding hydrogens is 268 g/mol. The van der Waals surface area contributed by atoms with Crippen molar-refractivity contribution in [3.63, 3.8) is 0 Å². The predicted molar refractivity (Wildman–Crippen MR) is 74.9 cm³/mol. The standard InChI is InChI=1S/C13H17ClN2O3/c1-8(2)5-6-15-13(19)16-9-3-4-10(12(17)18)11(14)7-9/h3-4,7-8H,5-6H2,1-2H3,(H,17,18)(H2,15,16,19). The zero-order chi connectivity index (χ0) is 14.4. The summed E-state index contributed by atoms with van der Waals surface area (Å²) in [4.78, 5) is 22.3. The van der Waals surface area contributed by atoms with Crippen LogP contribution in [0, 0.1) is 5.92 Å². The zero-order valence-electron chi connectivity index (χ0n) is 10.9. The van der Waals surface area contributed by atoms with E-state index < -0.39 is 5.97 Å².